The van der Waals surface area contributed by atoms with Crippen LogP contribution in [0.25, 0.3) is 17.2 Å². The van der Waals surface area contributed by atoms with Crippen molar-refractivity contribution < 1.29 is 0 Å². The molecule has 0 spiro atoms. The van der Waals surface area contributed by atoms with E-state index in [0.717, 1.165) is 6.42 Å². The molecule has 2 aliphatic rings. The fourth-order valence-electron chi connectivity index (χ4n) is 3.63. The Morgan fingerprint density at radius 1 is 1.05 bits per heavy atom. The molecule has 0 amide bonds. The fraction of sp³-hybridized carbons (Fsp3) is 0.364. The first-order valence-corrected chi connectivity index (χ1v) is 8.19. The monoisotopic (exact) mass is 290 g/mol. The standard InChI is InChI=1S/C22H26/c1-14(2)18-9-7-8-17-13-19(16-11-10-15(3)12-16)21(20(17)18)22(4,5)6/h7-11,13H,12H2,1-6H3. The maximum Gasteiger partial charge on any atom is -0.00607 e. The minimum Gasteiger partial charge on any atom is -0.0689 e. The Kier molecular flexibility index (Phi) is 3.51. The molecule has 0 nitrogen and oxygen atoms in total. The van der Waals surface area contributed by atoms with Crippen LogP contribution in [0.3, 0.4) is 0 Å². The van der Waals surface area contributed by atoms with E-state index in [1.807, 2.05) is 0 Å². The summed E-state index contributed by atoms with van der Waals surface area (Å²) in [7, 11) is 0. The molecule has 0 saturated carbocycles. The van der Waals surface area contributed by atoms with E-state index in [1.54, 1.807) is 0 Å². The highest BCUT2D eigenvalue weighted by molar-refractivity contribution is 5.89. The number of allylic oxidation sites excluding steroid dienone is 5. The van der Waals surface area contributed by atoms with Gasteiger partial charge in [0.25, 0.3) is 0 Å². The Hall–Kier alpha value is -1.82. The molecule has 3 rings (SSSR count). The molecule has 0 heterocycles. The second-order valence-corrected chi connectivity index (χ2v) is 7.83. The molecule has 0 unspecified atom stereocenters. The Morgan fingerprint density at radius 3 is 2.32 bits per heavy atom. The molecule has 114 valence electrons. The van der Waals surface area contributed by atoms with Gasteiger partial charge in [0, 0.05) is 0 Å². The lowest BCUT2D eigenvalue weighted by molar-refractivity contribution is 0.564. The minimum absolute atomic E-state index is 0.139. The molecule has 0 aromatic heterocycles. The van der Waals surface area contributed by atoms with Crippen molar-refractivity contribution in [3.8, 4) is 0 Å². The Balaban J connectivity index is 2.34. The molecule has 0 radical (unpaired) electrons. The lowest BCUT2D eigenvalue weighted by Gasteiger charge is -2.25. The van der Waals surface area contributed by atoms with Gasteiger partial charge in [0.15, 0.2) is 0 Å². The summed E-state index contributed by atoms with van der Waals surface area (Å²) >= 11 is 0. The fourth-order valence-corrected chi connectivity index (χ4v) is 3.63. The van der Waals surface area contributed by atoms with Gasteiger partial charge in [-0.3, -0.25) is 0 Å². The van der Waals surface area contributed by atoms with Gasteiger partial charge >= 0.3 is 0 Å². The molecule has 1 aromatic rings. The van der Waals surface area contributed by atoms with Crippen molar-refractivity contribution in [2.75, 3.05) is 0 Å². The first-order chi connectivity index (χ1) is 10.3. The van der Waals surface area contributed by atoms with Gasteiger partial charge in [-0.2, -0.15) is 0 Å². The summed E-state index contributed by atoms with van der Waals surface area (Å²) in [6, 6.07) is 6.72. The zero-order valence-corrected chi connectivity index (χ0v) is 14.7. The maximum absolute atomic E-state index is 2.40. The van der Waals surface area contributed by atoms with E-state index in [0.29, 0.717) is 0 Å². The van der Waals surface area contributed by atoms with Crippen molar-refractivity contribution in [2.24, 2.45) is 5.41 Å². The molecule has 0 aliphatic heterocycles. The van der Waals surface area contributed by atoms with Crippen LogP contribution in [-0.2, 0) is 0 Å². The number of benzene rings is 1. The molecule has 0 N–H and O–H groups in total. The summed E-state index contributed by atoms with van der Waals surface area (Å²) in [6.07, 6.45) is 8.06. The molecule has 0 atom stereocenters. The first kappa shape index (κ1) is 15.1. The molecule has 0 saturated heterocycles. The minimum atomic E-state index is 0.139. The number of rotatable bonds is 1. The topological polar surface area (TPSA) is 0 Å². The van der Waals surface area contributed by atoms with Gasteiger partial charge in [-0.15, -0.1) is 0 Å². The van der Waals surface area contributed by atoms with Gasteiger partial charge < -0.3 is 0 Å². The van der Waals surface area contributed by atoms with E-state index in [2.05, 4.69) is 78.0 Å². The third-order valence-electron chi connectivity index (χ3n) is 4.59. The van der Waals surface area contributed by atoms with Crippen molar-refractivity contribution in [2.45, 2.75) is 48.0 Å². The number of hydrogen-bond donors (Lipinski definition) is 0. The van der Waals surface area contributed by atoms with Crippen LogP contribution in [0.15, 0.2) is 47.1 Å². The number of hydrogen-bond acceptors (Lipinski definition) is 0. The highest BCUT2D eigenvalue weighted by Gasteiger charge is 2.28. The van der Waals surface area contributed by atoms with Crippen molar-refractivity contribution in [1.29, 1.82) is 0 Å². The molecule has 0 heteroatoms. The molecule has 1 aromatic carbocycles. The molecule has 0 fully saturated rings. The molecular formula is C22H26. The van der Waals surface area contributed by atoms with E-state index in [4.69, 9.17) is 0 Å². The highest BCUT2D eigenvalue weighted by Crippen LogP contribution is 2.41. The second-order valence-electron chi connectivity index (χ2n) is 7.83. The molecule has 2 aliphatic carbocycles. The van der Waals surface area contributed by atoms with Crippen molar-refractivity contribution in [1.82, 2.24) is 0 Å². The van der Waals surface area contributed by atoms with Crippen LogP contribution in [0.4, 0.5) is 0 Å². The van der Waals surface area contributed by atoms with Crippen LogP contribution in [0.2, 0.25) is 0 Å². The molecule has 22 heavy (non-hydrogen) atoms. The van der Waals surface area contributed by atoms with Gasteiger partial charge in [0.2, 0.25) is 0 Å². The van der Waals surface area contributed by atoms with E-state index < -0.39 is 0 Å². The van der Waals surface area contributed by atoms with Gasteiger partial charge in [-0.25, -0.2) is 0 Å². The molecule has 0 bridgehead atoms. The summed E-state index contributed by atoms with van der Waals surface area (Å²) < 4.78 is 0. The third-order valence-corrected chi connectivity index (χ3v) is 4.59. The van der Waals surface area contributed by atoms with Crippen LogP contribution in [0.5, 0.6) is 0 Å². The molecular weight excluding hydrogens is 264 g/mol. The van der Waals surface area contributed by atoms with Crippen LogP contribution in [0.1, 0.15) is 53.5 Å². The van der Waals surface area contributed by atoms with Crippen molar-refractivity contribution in [3.05, 3.63) is 63.1 Å². The van der Waals surface area contributed by atoms with E-state index in [1.165, 1.54) is 43.9 Å². The zero-order valence-electron chi connectivity index (χ0n) is 14.7. The van der Waals surface area contributed by atoms with Crippen LogP contribution >= 0.6 is 0 Å². The van der Waals surface area contributed by atoms with Crippen molar-refractivity contribution >= 4 is 17.2 Å². The largest absolute Gasteiger partial charge is 0.0689 e. The lowest BCUT2D eigenvalue weighted by Crippen LogP contribution is -2.32. The Bertz CT molecular complexity index is 842. The predicted octanol–water partition coefficient (Wildman–Crippen LogP) is 4.75. The quantitative estimate of drug-likeness (QED) is 0.700. The van der Waals surface area contributed by atoms with Gasteiger partial charge in [-0.05, 0) is 71.4 Å². The Morgan fingerprint density at radius 2 is 1.77 bits per heavy atom. The first-order valence-electron chi connectivity index (χ1n) is 8.19. The Labute approximate surface area is 134 Å². The summed E-state index contributed by atoms with van der Waals surface area (Å²) in [6.45, 7) is 13.7. The van der Waals surface area contributed by atoms with E-state index >= 15 is 0 Å². The maximum atomic E-state index is 2.40. The second kappa shape index (κ2) is 5.12. The third kappa shape index (κ3) is 2.41. The van der Waals surface area contributed by atoms with Crippen LogP contribution in [0, 0.1) is 5.41 Å². The smallest absolute Gasteiger partial charge is 0.00607 e. The normalized spacial score (nSPS) is 17.2. The van der Waals surface area contributed by atoms with Gasteiger partial charge in [0.05, 0.1) is 0 Å². The predicted molar refractivity (Wildman–Crippen MR) is 97.7 cm³/mol. The zero-order chi connectivity index (χ0) is 16.1. The van der Waals surface area contributed by atoms with Crippen LogP contribution < -0.4 is 10.4 Å². The SMILES string of the molecule is CC1=CC=C(C2=Cc3cccc(=C(C)C)c3=C2C(C)(C)C)C1. The average molecular weight is 290 g/mol. The van der Waals surface area contributed by atoms with Crippen molar-refractivity contribution in [3.63, 3.8) is 0 Å². The summed E-state index contributed by atoms with van der Waals surface area (Å²) in [5.74, 6) is 0. The number of fused-ring (bicyclic) bond motifs is 1. The van der Waals surface area contributed by atoms with E-state index in [9.17, 15) is 0 Å². The van der Waals surface area contributed by atoms with Crippen LogP contribution in [-0.4, -0.2) is 0 Å². The summed E-state index contributed by atoms with van der Waals surface area (Å²) in [5.41, 5.74) is 8.79. The summed E-state index contributed by atoms with van der Waals surface area (Å²) in [5, 5.41) is 2.85. The average Bonchev–Trinajstić information content (AvgIpc) is 3.00. The summed E-state index contributed by atoms with van der Waals surface area (Å²) in [4.78, 5) is 0. The van der Waals surface area contributed by atoms with Gasteiger partial charge in [-0.1, -0.05) is 62.3 Å². The van der Waals surface area contributed by atoms with Gasteiger partial charge in [0.1, 0.15) is 0 Å². The lowest BCUT2D eigenvalue weighted by atomic mass is 9.79. The highest BCUT2D eigenvalue weighted by atomic mass is 14.3. The van der Waals surface area contributed by atoms with E-state index in [-0.39, 0.29) is 5.41 Å².